The molecule has 1 atom stereocenters. The fraction of sp³-hybridized carbons (Fsp3) is 0.0400. The van der Waals surface area contributed by atoms with Crippen molar-refractivity contribution in [2.75, 3.05) is 0 Å². The van der Waals surface area contributed by atoms with E-state index in [4.69, 9.17) is 5.73 Å². The molecule has 9 nitrogen and oxygen atoms in total. The van der Waals surface area contributed by atoms with Gasteiger partial charge in [0.15, 0.2) is 5.82 Å². The van der Waals surface area contributed by atoms with Gasteiger partial charge >= 0.3 is 5.69 Å². The van der Waals surface area contributed by atoms with E-state index in [1.807, 2.05) is 0 Å². The van der Waals surface area contributed by atoms with Gasteiger partial charge in [-0.3, -0.25) is 9.36 Å². The van der Waals surface area contributed by atoms with Gasteiger partial charge < -0.3 is 15.9 Å². The van der Waals surface area contributed by atoms with Crippen LogP contribution in [-0.4, -0.2) is 24.3 Å². The standard InChI is InChI=1S/C25H17N5O4/c26-13-14-4-5-15-12-20-23(29(21(15)10-14)17-6-8-19(31)9-7-17)28-25(34)30(24(20)33)18-3-1-2-16(11-18)22(27)32/h1-12,22,31-32H,27H2. The van der Waals surface area contributed by atoms with Gasteiger partial charge in [0.25, 0.3) is 5.56 Å². The second kappa shape index (κ2) is 7.97. The van der Waals surface area contributed by atoms with Crippen LogP contribution in [0, 0.1) is 11.3 Å². The van der Waals surface area contributed by atoms with Crippen LogP contribution in [0.1, 0.15) is 17.4 Å². The Morgan fingerprint density at radius 1 is 0.941 bits per heavy atom. The first-order chi connectivity index (χ1) is 16.4. The normalized spacial score (nSPS) is 12.0. The number of aromatic hydroxyl groups is 1. The molecule has 0 bridgehead atoms. The lowest BCUT2D eigenvalue weighted by Crippen LogP contribution is -2.36. The number of phenols is 1. The van der Waals surface area contributed by atoms with Gasteiger partial charge in [-0.25, -0.2) is 9.36 Å². The Labute approximate surface area is 192 Å². The van der Waals surface area contributed by atoms with E-state index >= 15 is 0 Å². The number of fused-ring (bicyclic) bond motifs is 2. The highest BCUT2D eigenvalue weighted by atomic mass is 16.3. The van der Waals surface area contributed by atoms with Crippen LogP contribution in [0.5, 0.6) is 5.75 Å². The summed E-state index contributed by atoms with van der Waals surface area (Å²) in [5, 5.41) is 29.5. The van der Waals surface area contributed by atoms with Crippen LogP contribution < -0.4 is 17.0 Å². The molecule has 0 amide bonds. The van der Waals surface area contributed by atoms with E-state index in [0.29, 0.717) is 27.7 Å². The molecule has 0 aliphatic carbocycles. The van der Waals surface area contributed by atoms with Crippen LogP contribution in [0.25, 0.3) is 33.7 Å². The number of nitrogens with zero attached hydrogens (tertiary/aromatic N) is 4. The van der Waals surface area contributed by atoms with Gasteiger partial charge in [0.05, 0.1) is 28.4 Å². The lowest BCUT2D eigenvalue weighted by atomic mass is 10.1. The predicted molar refractivity (Wildman–Crippen MR) is 125 cm³/mol. The molecular formula is C25H17N5O4. The molecule has 0 saturated carbocycles. The van der Waals surface area contributed by atoms with Gasteiger partial charge in [-0.1, -0.05) is 18.2 Å². The number of phenolic OH excluding ortho intramolecular Hbond substituents is 1. The first kappa shape index (κ1) is 21.1. The molecule has 2 heterocycles. The van der Waals surface area contributed by atoms with Crippen molar-refractivity contribution >= 4 is 10.9 Å². The number of hydrogen-bond donors (Lipinski definition) is 3. The van der Waals surface area contributed by atoms with Crippen molar-refractivity contribution in [3.63, 3.8) is 0 Å². The van der Waals surface area contributed by atoms with Crippen LogP contribution in [-0.2, 0) is 0 Å². The van der Waals surface area contributed by atoms with E-state index in [1.165, 1.54) is 18.2 Å². The molecule has 5 rings (SSSR count). The average Bonchev–Trinajstić information content (AvgIpc) is 2.83. The fourth-order valence-corrected chi connectivity index (χ4v) is 3.94. The van der Waals surface area contributed by atoms with Crippen LogP contribution in [0.2, 0.25) is 0 Å². The van der Waals surface area contributed by atoms with E-state index < -0.39 is 17.5 Å². The minimum atomic E-state index is -1.27. The second-order valence-corrected chi connectivity index (χ2v) is 7.69. The van der Waals surface area contributed by atoms with E-state index in [1.54, 1.807) is 59.2 Å². The third-order valence-corrected chi connectivity index (χ3v) is 5.56. The number of nitrogens with two attached hydrogens (primary N) is 1. The molecule has 4 N–H and O–H groups in total. The molecule has 0 aromatic heterocycles. The van der Waals surface area contributed by atoms with Gasteiger partial charge in [0, 0.05) is 5.69 Å². The minimum Gasteiger partial charge on any atom is -0.508 e. The molecule has 166 valence electrons. The Morgan fingerprint density at radius 2 is 1.71 bits per heavy atom. The van der Waals surface area contributed by atoms with Crippen molar-refractivity contribution < 1.29 is 10.2 Å². The maximum absolute atomic E-state index is 13.6. The number of aliphatic hydroxyl groups is 1. The number of aromatic nitrogens is 3. The van der Waals surface area contributed by atoms with Crippen molar-refractivity contribution in [3.8, 4) is 34.6 Å². The van der Waals surface area contributed by atoms with Gasteiger partial charge in [-0.15, -0.1) is 0 Å². The largest absolute Gasteiger partial charge is 0.508 e. The maximum Gasteiger partial charge on any atom is 0.357 e. The second-order valence-electron chi connectivity index (χ2n) is 7.69. The monoisotopic (exact) mass is 451 g/mol. The molecule has 9 heteroatoms. The molecular weight excluding hydrogens is 434 g/mol. The van der Waals surface area contributed by atoms with Crippen LogP contribution in [0.3, 0.4) is 0 Å². The molecule has 0 radical (unpaired) electrons. The van der Waals surface area contributed by atoms with E-state index in [0.717, 1.165) is 4.57 Å². The third-order valence-electron chi connectivity index (χ3n) is 5.56. The molecule has 2 aliphatic heterocycles. The predicted octanol–water partition coefficient (Wildman–Crippen LogP) is 2.17. The molecule has 34 heavy (non-hydrogen) atoms. The minimum absolute atomic E-state index is 0.0495. The molecule has 0 spiro atoms. The van der Waals surface area contributed by atoms with Gasteiger partial charge in [-0.2, -0.15) is 10.2 Å². The van der Waals surface area contributed by atoms with E-state index in [-0.39, 0.29) is 22.8 Å². The Hall–Kier alpha value is -4.78. The molecule has 1 unspecified atom stereocenters. The average molecular weight is 451 g/mol. The van der Waals surface area contributed by atoms with Crippen molar-refractivity contribution in [1.82, 2.24) is 14.1 Å². The Morgan fingerprint density at radius 3 is 2.41 bits per heavy atom. The Balaban J connectivity index is 1.90. The van der Waals surface area contributed by atoms with E-state index in [9.17, 15) is 25.1 Å². The zero-order valence-corrected chi connectivity index (χ0v) is 17.6. The highest BCUT2D eigenvalue weighted by Crippen LogP contribution is 2.29. The van der Waals surface area contributed by atoms with Crippen molar-refractivity contribution in [3.05, 3.63) is 105 Å². The quantitative estimate of drug-likeness (QED) is 0.281. The van der Waals surface area contributed by atoms with Gasteiger partial charge in [0.2, 0.25) is 0 Å². The van der Waals surface area contributed by atoms with Gasteiger partial charge in [0.1, 0.15) is 12.0 Å². The van der Waals surface area contributed by atoms with Crippen molar-refractivity contribution in [2.45, 2.75) is 6.23 Å². The summed E-state index contributed by atoms with van der Waals surface area (Å²) in [7, 11) is 0. The van der Waals surface area contributed by atoms with Crippen molar-refractivity contribution in [2.24, 2.45) is 5.73 Å². The number of pyridine rings is 1. The highest BCUT2D eigenvalue weighted by Gasteiger charge is 2.22. The topological polar surface area (TPSA) is 147 Å². The van der Waals surface area contributed by atoms with Crippen LogP contribution in [0.15, 0.2) is 82.4 Å². The van der Waals surface area contributed by atoms with Crippen LogP contribution >= 0.6 is 0 Å². The van der Waals surface area contributed by atoms with Gasteiger partial charge in [-0.05, 0) is 65.5 Å². The molecule has 3 aromatic rings. The summed E-state index contributed by atoms with van der Waals surface area (Å²) in [5.41, 5.74) is 6.36. The summed E-state index contributed by atoms with van der Waals surface area (Å²) in [6.07, 6.45) is -1.27. The lowest BCUT2D eigenvalue weighted by Gasteiger charge is -2.19. The SMILES string of the molecule is N#Cc1ccc2cc3c(=O)n(-c4cccc(C(N)O)c4)c(=O)nc-3n(-c3ccc(O)cc3)c2c1. The zero-order chi connectivity index (χ0) is 24.0. The Bertz CT molecular complexity index is 1690. The number of benzene rings is 3. The summed E-state index contributed by atoms with van der Waals surface area (Å²) < 4.78 is 2.53. The van der Waals surface area contributed by atoms with E-state index in [2.05, 4.69) is 11.1 Å². The number of nitriles is 1. The third kappa shape index (κ3) is 3.40. The zero-order valence-electron chi connectivity index (χ0n) is 17.6. The van der Waals surface area contributed by atoms with Crippen molar-refractivity contribution in [1.29, 1.82) is 5.26 Å². The fourth-order valence-electron chi connectivity index (χ4n) is 3.94. The Kier molecular flexibility index (Phi) is 4.94. The first-order valence-corrected chi connectivity index (χ1v) is 10.2. The summed E-state index contributed by atoms with van der Waals surface area (Å²) in [6, 6.07) is 21.1. The molecule has 0 saturated heterocycles. The summed E-state index contributed by atoms with van der Waals surface area (Å²) in [5.74, 6) is 0.156. The van der Waals surface area contributed by atoms with Crippen LogP contribution in [0.4, 0.5) is 0 Å². The summed E-state index contributed by atoms with van der Waals surface area (Å²) in [6.45, 7) is 0. The maximum atomic E-state index is 13.6. The number of rotatable bonds is 3. The smallest absolute Gasteiger partial charge is 0.357 e. The lowest BCUT2D eigenvalue weighted by molar-refractivity contribution is 0.186. The summed E-state index contributed by atoms with van der Waals surface area (Å²) in [4.78, 5) is 30.9. The summed E-state index contributed by atoms with van der Waals surface area (Å²) >= 11 is 0. The molecule has 2 aliphatic rings. The number of hydrogen-bond acceptors (Lipinski definition) is 7. The molecule has 0 fully saturated rings. The number of aliphatic hydroxyl groups excluding tert-OH is 1. The first-order valence-electron chi connectivity index (χ1n) is 10.2. The molecule has 3 aromatic carbocycles. The highest BCUT2D eigenvalue weighted by molar-refractivity contribution is 5.88.